The Morgan fingerprint density at radius 2 is 1.85 bits per heavy atom. The Labute approximate surface area is 157 Å². The molecular formula is C17H17BrF2N2O4. The summed E-state index contributed by atoms with van der Waals surface area (Å²) in [6.07, 6.45) is 0. The van der Waals surface area contributed by atoms with Crippen molar-refractivity contribution in [1.29, 1.82) is 0 Å². The fourth-order valence-electron chi connectivity index (χ4n) is 2.50. The van der Waals surface area contributed by atoms with Crippen LogP contribution < -0.4 is 9.47 Å². The van der Waals surface area contributed by atoms with Gasteiger partial charge in [-0.1, -0.05) is 34.1 Å². The average Bonchev–Trinajstić information content (AvgIpc) is 2.57. The molecule has 0 saturated heterocycles. The van der Waals surface area contributed by atoms with E-state index in [1.165, 1.54) is 13.2 Å². The Bertz CT molecular complexity index is 789. The van der Waals surface area contributed by atoms with Crippen LogP contribution in [0.2, 0.25) is 0 Å². The highest BCUT2D eigenvalue weighted by Crippen LogP contribution is 2.36. The monoisotopic (exact) mass is 430 g/mol. The zero-order chi connectivity index (χ0) is 19.3. The highest BCUT2D eigenvalue weighted by atomic mass is 79.9. The van der Waals surface area contributed by atoms with Crippen LogP contribution in [0.5, 0.6) is 11.5 Å². The van der Waals surface area contributed by atoms with Gasteiger partial charge in [-0.15, -0.1) is 0 Å². The molecule has 26 heavy (non-hydrogen) atoms. The summed E-state index contributed by atoms with van der Waals surface area (Å²) in [7, 11) is 3.09. The van der Waals surface area contributed by atoms with E-state index >= 15 is 0 Å². The molecule has 0 bridgehead atoms. The van der Waals surface area contributed by atoms with Gasteiger partial charge in [-0.25, -0.2) is 0 Å². The molecule has 0 amide bonds. The van der Waals surface area contributed by atoms with Crippen LogP contribution in [-0.4, -0.2) is 30.6 Å². The fourth-order valence-corrected chi connectivity index (χ4v) is 2.91. The Hall–Kier alpha value is -2.26. The number of hydrogen-bond acceptors (Lipinski definition) is 5. The van der Waals surface area contributed by atoms with Gasteiger partial charge < -0.3 is 9.47 Å². The molecule has 0 fully saturated rings. The molecular weight excluding hydrogens is 414 g/mol. The van der Waals surface area contributed by atoms with Crippen molar-refractivity contribution >= 4 is 21.6 Å². The molecule has 0 aliphatic heterocycles. The summed E-state index contributed by atoms with van der Waals surface area (Å²) >= 11 is 3.46. The summed E-state index contributed by atoms with van der Waals surface area (Å²) < 4.78 is 35.3. The number of benzene rings is 2. The molecule has 2 aromatic rings. The van der Waals surface area contributed by atoms with Crippen molar-refractivity contribution in [2.75, 3.05) is 14.2 Å². The minimum absolute atomic E-state index is 0.0141. The van der Waals surface area contributed by atoms with Gasteiger partial charge in [0.15, 0.2) is 11.5 Å². The molecule has 0 atom stereocenters. The standard InChI is InChI=1S/C17H17BrF2N2O4/c1-21(9-11-5-3-4-6-13(11)18)10-12-7-15(25-2)16(26-17(19)20)8-14(12)22(23)24/h3-8,17H,9-10H2,1-2H3. The van der Waals surface area contributed by atoms with Crippen LogP contribution in [0.15, 0.2) is 40.9 Å². The van der Waals surface area contributed by atoms with Gasteiger partial charge in [0.05, 0.1) is 18.1 Å². The molecule has 0 radical (unpaired) electrons. The van der Waals surface area contributed by atoms with Gasteiger partial charge in [0.2, 0.25) is 0 Å². The van der Waals surface area contributed by atoms with Gasteiger partial charge in [0.1, 0.15) is 0 Å². The van der Waals surface area contributed by atoms with Crippen LogP contribution in [0.4, 0.5) is 14.5 Å². The average molecular weight is 431 g/mol. The number of nitro groups is 1. The Morgan fingerprint density at radius 3 is 2.42 bits per heavy atom. The fraction of sp³-hybridized carbons (Fsp3) is 0.294. The summed E-state index contributed by atoms with van der Waals surface area (Å²) in [5.41, 5.74) is 1.05. The van der Waals surface area contributed by atoms with Crippen molar-refractivity contribution in [3.63, 3.8) is 0 Å². The van der Waals surface area contributed by atoms with Crippen molar-refractivity contribution in [3.8, 4) is 11.5 Å². The summed E-state index contributed by atoms with van der Waals surface area (Å²) in [4.78, 5) is 12.6. The lowest BCUT2D eigenvalue weighted by Gasteiger charge is -2.19. The van der Waals surface area contributed by atoms with Crippen LogP contribution in [-0.2, 0) is 13.1 Å². The van der Waals surface area contributed by atoms with Gasteiger partial charge in [-0.2, -0.15) is 8.78 Å². The Kier molecular flexibility index (Phi) is 6.87. The highest BCUT2D eigenvalue weighted by molar-refractivity contribution is 9.10. The van der Waals surface area contributed by atoms with Crippen LogP contribution in [0, 0.1) is 10.1 Å². The Morgan fingerprint density at radius 1 is 1.19 bits per heavy atom. The summed E-state index contributed by atoms with van der Waals surface area (Å²) in [6, 6.07) is 9.96. The normalized spacial score (nSPS) is 11.0. The van der Waals surface area contributed by atoms with Gasteiger partial charge in [0.25, 0.3) is 5.69 Å². The molecule has 2 aromatic carbocycles. The first-order valence-corrected chi connectivity index (χ1v) is 8.33. The molecule has 0 saturated carbocycles. The third kappa shape index (κ3) is 5.12. The molecule has 0 aromatic heterocycles. The van der Waals surface area contributed by atoms with E-state index in [1.807, 2.05) is 29.2 Å². The largest absolute Gasteiger partial charge is 0.493 e. The number of rotatable bonds is 8. The number of hydrogen-bond donors (Lipinski definition) is 0. The molecule has 0 aliphatic carbocycles. The lowest BCUT2D eigenvalue weighted by molar-refractivity contribution is -0.385. The lowest BCUT2D eigenvalue weighted by Crippen LogP contribution is -2.18. The molecule has 140 valence electrons. The first-order valence-electron chi connectivity index (χ1n) is 7.54. The number of nitrogens with zero attached hydrogens (tertiary/aromatic N) is 2. The van der Waals surface area contributed by atoms with Crippen LogP contribution in [0.1, 0.15) is 11.1 Å². The molecule has 9 heteroatoms. The third-order valence-electron chi connectivity index (χ3n) is 3.62. The van der Waals surface area contributed by atoms with Gasteiger partial charge in [0, 0.05) is 23.1 Å². The minimum atomic E-state index is -3.10. The molecule has 6 nitrogen and oxygen atoms in total. The summed E-state index contributed by atoms with van der Waals surface area (Å²) in [6.45, 7) is -2.34. The van der Waals surface area contributed by atoms with E-state index in [1.54, 1.807) is 7.05 Å². The molecule has 0 heterocycles. The SMILES string of the molecule is COc1cc(CN(C)Cc2ccccc2Br)c([N+](=O)[O-])cc1OC(F)F. The molecule has 0 spiro atoms. The van der Waals surface area contributed by atoms with Crippen LogP contribution in [0.3, 0.4) is 0 Å². The number of alkyl halides is 2. The predicted molar refractivity (Wildman–Crippen MR) is 95.6 cm³/mol. The second kappa shape index (κ2) is 8.91. The number of nitro benzene ring substituents is 1. The second-order valence-corrected chi connectivity index (χ2v) is 6.39. The number of methoxy groups -OCH3 is 1. The van der Waals surface area contributed by atoms with Crippen molar-refractivity contribution in [1.82, 2.24) is 4.90 Å². The van der Waals surface area contributed by atoms with E-state index in [-0.39, 0.29) is 23.7 Å². The van der Waals surface area contributed by atoms with Gasteiger partial charge >= 0.3 is 6.61 Å². The van der Waals surface area contributed by atoms with Crippen LogP contribution >= 0.6 is 15.9 Å². The van der Waals surface area contributed by atoms with Gasteiger partial charge in [-0.3, -0.25) is 15.0 Å². The lowest BCUT2D eigenvalue weighted by atomic mass is 10.1. The molecule has 0 unspecified atom stereocenters. The van der Waals surface area contributed by atoms with E-state index in [9.17, 15) is 18.9 Å². The minimum Gasteiger partial charge on any atom is -0.493 e. The zero-order valence-corrected chi connectivity index (χ0v) is 15.7. The predicted octanol–water partition coefficient (Wildman–Crippen LogP) is 4.60. The van der Waals surface area contributed by atoms with Crippen molar-refractivity contribution < 1.29 is 23.2 Å². The topological polar surface area (TPSA) is 64.8 Å². The first-order chi connectivity index (χ1) is 12.3. The van der Waals surface area contributed by atoms with E-state index < -0.39 is 11.5 Å². The maximum atomic E-state index is 12.5. The Balaban J connectivity index is 2.29. The van der Waals surface area contributed by atoms with E-state index in [0.29, 0.717) is 12.1 Å². The van der Waals surface area contributed by atoms with Crippen molar-refractivity contribution in [3.05, 3.63) is 62.1 Å². The van der Waals surface area contributed by atoms with E-state index in [0.717, 1.165) is 16.1 Å². The quantitative estimate of drug-likeness (QED) is 0.452. The zero-order valence-electron chi connectivity index (χ0n) is 14.1. The molecule has 0 aliphatic rings. The van der Waals surface area contributed by atoms with Crippen LogP contribution in [0.25, 0.3) is 0 Å². The van der Waals surface area contributed by atoms with Gasteiger partial charge in [-0.05, 0) is 24.7 Å². The number of halogens is 3. The van der Waals surface area contributed by atoms with Crippen molar-refractivity contribution in [2.45, 2.75) is 19.7 Å². The molecule has 2 rings (SSSR count). The first kappa shape index (κ1) is 20.1. The maximum Gasteiger partial charge on any atom is 0.387 e. The third-order valence-corrected chi connectivity index (χ3v) is 4.39. The van der Waals surface area contributed by atoms with Crippen molar-refractivity contribution in [2.24, 2.45) is 0 Å². The summed E-state index contributed by atoms with van der Waals surface area (Å²) in [5.74, 6) is -0.355. The summed E-state index contributed by atoms with van der Waals surface area (Å²) in [5, 5.41) is 11.3. The smallest absolute Gasteiger partial charge is 0.387 e. The van der Waals surface area contributed by atoms with E-state index in [2.05, 4.69) is 20.7 Å². The molecule has 0 N–H and O–H groups in total. The van der Waals surface area contributed by atoms with E-state index in [4.69, 9.17) is 4.74 Å². The highest BCUT2D eigenvalue weighted by Gasteiger charge is 2.22. The maximum absolute atomic E-state index is 12.5. The number of ether oxygens (including phenoxy) is 2. The second-order valence-electron chi connectivity index (χ2n) is 5.53.